The summed E-state index contributed by atoms with van der Waals surface area (Å²) >= 11 is 1.56. The summed E-state index contributed by atoms with van der Waals surface area (Å²) in [4.78, 5) is 6.14. The molecule has 0 saturated carbocycles. The Morgan fingerprint density at radius 3 is 2.65 bits per heavy atom. The Balaban J connectivity index is 2.21. The maximum Gasteiger partial charge on any atom is 0.137 e. The average molecular weight is 249 g/mol. The highest BCUT2D eigenvalue weighted by Gasteiger charge is 2.11. The fourth-order valence-electron chi connectivity index (χ4n) is 1.62. The molecule has 0 bridgehead atoms. The van der Waals surface area contributed by atoms with Crippen LogP contribution in [0.2, 0.25) is 0 Å². The van der Waals surface area contributed by atoms with Crippen molar-refractivity contribution in [3.05, 3.63) is 51.2 Å². The summed E-state index contributed by atoms with van der Waals surface area (Å²) < 4.78 is 13.7. The summed E-state index contributed by atoms with van der Waals surface area (Å²) in [5, 5.41) is 0. The number of rotatable bonds is 3. The molecular formula is C14H16FNS. The van der Waals surface area contributed by atoms with Gasteiger partial charge in [0, 0.05) is 28.1 Å². The average Bonchev–Trinajstić information content (AvgIpc) is 2.64. The highest BCUT2D eigenvalue weighted by molar-refractivity contribution is 7.12. The van der Waals surface area contributed by atoms with Gasteiger partial charge in [-0.1, -0.05) is 19.9 Å². The van der Waals surface area contributed by atoms with Gasteiger partial charge in [-0.2, -0.15) is 0 Å². The van der Waals surface area contributed by atoms with E-state index in [0.29, 0.717) is 12.3 Å². The number of halogens is 1. The molecule has 2 aromatic heterocycles. The third kappa shape index (κ3) is 2.91. The van der Waals surface area contributed by atoms with E-state index in [1.165, 1.54) is 0 Å². The molecule has 0 fully saturated rings. The van der Waals surface area contributed by atoms with Crippen LogP contribution in [-0.2, 0) is 6.42 Å². The van der Waals surface area contributed by atoms with E-state index < -0.39 is 0 Å². The zero-order chi connectivity index (χ0) is 12.4. The fraction of sp³-hybridized carbons (Fsp3) is 0.357. The molecule has 0 aliphatic rings. The van der Waals surface area contributed by atoms with E-state index in [-0.39, 0.29) is 5.82 Å². The number of aryl methyl sites for hydroxylation is 1. The lowest BCUT2D eigenvalue weighted by Crippen LogP contribution is -1.89. The molecule has 90 valence electrons. The first-order chi connectivity index (χ1) is 8.06. The van der Waals surface area contributed by atoms with Crippen molar-refractivity contribution in [2.75, 3.05) is 0 Å². The minimum atomic E-state index is -0.0840. The van der Waals surface area contributed by atoms with Gasteiger partial charge in [0.25, 0.3) is 0 Å². The van der Waals surface area contributed by atoms with Crippen molar-refractivity contribution in [3.8, 4) is 0 Å². The quantitative estimate of drug-likeness (QED) is 0.790. The summed E-state index contributed by atoms with van der Waals surface area (Å²) in [6.45, 7) is 6.12. The van der Waals surface area contributed by atoms with Crippen LogP contribution >= 0.6 is 11.3 Å². The SMILES string of the molecule is Cc1ccc(Cc2sc(C(C)C)cc2F)cn1. The molecule has 0 N–H and O–H groups in total. The van der Waals surface area contributed by atoms with Crippen LogP contribution < -0.4 is 0 Å². The normalized spacial score (nSPS) is 11.1. The van der Waals surface area contributed by atoms with Crippen molar-refractivity contribution < 1.29 is 4.39 Å². The first-order valence-electron chi connectivity index (χ1n) is 5.76. The zero-order valence-corrected chi connectivity index (χ0v) is 11.1. The van der Waals surface area contributed by atoms with Gasteiger partial charge in [0.2, 0.25) is 0 Å². The van der Waals surface area contributed by atoms with Gasteiger partial charge in [-0.05, 0) is 30.5 Å². The predicted octanol–water partition coefficient (Wildman–Crippen LogP) is 4.30. The Morgan fingerprint density at radius 1 is 1.35 bits per heavy atom. The Bertz CT molecular complexity index is 499. The van der Waals surface area contributed by atoms with Gasteiger partial charge in [-0.25, -0.2) is 4.39 Å². The largest absolute Gasteiger partial charge is 0.261 e. The first kappa shape index (κ1) is 12.2. The van der Waals surface area contributed by atoms with E-state index in [1.54, 1.807) is 17.4 Å². The number of aromatic nitrogens is 1. The lowest BCUT2D eigenvalue weighted by molar-refractivity contribution is 0.619. The number of thiophene rings is 1. The van der Waals surface area contributed by atoms with Crippen LogP contribution in [0, 0.1) is 12.7 Å². The predicted molar refractivity (Wildman–Crippen MR) is 70.1 cm³/mol. The van der Waals surface area contributed by atoms with Gasteiger partial charge >= 0.3 is 0 Å². The van der Waals surface area contributed by atoms with E-state index >= 15 is 0 Å². The third-order valence-corrected chi connectivity index (χ3v) is 4.09. The second kappa shape index (κ2) is 4.96. The van der Waals surface area contributed by atoms with Crippen molar-refractivity contribution in [3.63, 3.8) is 0 Å². The molecule has 0 unspecified atom stereocenters. The minimum Gasteiger partial charge on any atom is -0.261 e. The van der Waals surface area contributed by atoms with Crippen LogP contribution in [-0.4, -0.2) is 4.98 Å². The number of hydrogen-bond acceptors (Lipinski definition) is 2. The molecule has 0 radical (unpaired) electrons. The van der Waals surface area contributed by atoms with Crippen LogP contribution in [0.15, 0.2) is 24.4 Å². The summed E-state index contributed by atoms with van der Waals surface area (Å²) in [5.74, 6) is 0.304. The zero-order valence-electron chi connectivity index (χ0n) is 10.3. The van der Waals surface area contributed by atoms with Gasteiger partial charge < -0.3 is 0 Å². The molecule has 0 aromatic carbocycles. The molecule has 2 rings (SSSR count). The van der Waals surface area contributed by atoms with Crippen LogP contribution in [0.25, 0.3) is 0 Å². The summed E-state index contributed by atoms with van der Waals surface area (Å²) in [7, 11) is 0. The molecule has 0 spiro atoms. The number of nitrogens with zero attached hydrogens (tertiary/aromatic N) is 1. The summed E-state index contributed by atoms with van der Waals surface area (Å²) in [5.41, 5.74) is 2.05. The summed E-state index contributed by atoms with van der Waals surface area (Å²) in [6.07, 6.45) is 2.46. The molecule has 3 heteroatoms. The highest BCUT2D eigenvalue weighted by Crippen LogP contribution is 2.29. The Labute approximate surface area is 105 Å². The molecule has 0 aliphatic heterocycles. The van der Waals surface area contributed by atoms with E-state index in [2.05, 4.69) is 18.8 Å². The van der Waals surface area contributed by atoms with Crippen LogP contribution in [0.1, 0.15) is 40.8 Å². The first-order valence-corrected chi connectivity index (χ1v) is 6.57. The second-order valence-corrected chi connectivity index (χ2v) is 5.73. The fourth-order valence-corrected chi connectivity index (χ4v) is 2.70. The van der Waals surface area contributed by atoms with Gasteiger partial charge in [0.05, 0.1) is 0 Å². The second-order valence-electron chi connectivity index (χ2n) is 4.56. The van der Waals surface area contributed by atoms with Crippen molar-refractivity contribution >= 4 is 11.3 Å². The van der Waals surface area contributed by atoms with Gasteiger partial charge in [-0.15, -0.1) is 11.3 Å². The van der Waals surface area contributed by atoms with Gasteiger partial charge in [-0.3, -0.25) is 4.98 Å². The smallest absolute Gasteiger partial charge is 0.137 e. The lowest BCUT2D eigenvalue weighted by atomic mass is 10.1. The molecule has 0 saturated heterocycles. The molecule has 0 atom stereocenters. The van der Waals surface area contributed by atoms with Crippen LogP contribution in [0.5, 0.6) is 0 Å². The van der Waals surface area contributed by atoms with Crippen molar-refractivity contribution in [2.24, 2.45) is 0 Å². The Kier molecular flexibility index (Phi) is 3.57. The molecule has 0 amide bonds. The summed E-state index contributed by atoms with van der Waals surface area (Å²) in [6, 6.07) is 5.63. The molecular weight excluding hydrogens is 233 g/mol. The van der Waals surface area contributed by atoms with E-state index in [1.807, 2.05) is 25.3 Å². The van der Waals surface area contributed by atoms with Crippen LogP contribution in [0.3, 0.4) is 0 Å². The minimum absolute atomic E-state index is 0.0840. The van der Waals surface area contributed by atoms with Crippen LogP contribution in [0.4, 0.5) is 4.39 Å². The topological polar surface area (TPSA) is 12.9 Å². The molecule has 2 aromatic rings. The Morgan fingerprint density at radius 2 is 2.12 bits per heavy atom. The van der Waals surface area contributed by atoms with Crippen molar-refractivity contribution in [1.29, 1.82) is 0 Å². The monoisotopic (exact) mass is 249 g/mol. The van der Waals surface area contributed by atoms with E-state index in [9.17, 15) is 4.39 Å². The number of hydrogen-bond donors (Lipinski definition) is 0. The van der Waals surface area contributed by atoms with Gasteiger partial charge in [0.1, 0.15) is 5.82 Å². The molecule has 17 heavy (non-hydrogen) atoms. The third-order valence-electron chi connectivity index (χ3n) is 2.68. The highest BCUT2D eigenvalue weighted by atomic mass is 32.1. The molecule has 1 nitrogen and oxygen atoms in total. The number of pyridine rings is 1. The lowest BCUT2D eigenvalue weighted by Gasteiger charge is -2.00. The van der Waals surface area contributed by atoms with E-state index in [4.69, 9.17) is 0 Å². The molecule has 2 heterocycles. The maximum atomic E-state index is 13.7. The van der Waals surface area contributed by atoms with Crippen molar-refractivity contribution in [1.82, 2.24) is 4.98 Å². The maximum absolute atomic E-state index is 13.7. The Hall–Kier alpha value is -1.22. The van der Waals surface area contributed by atoms with Gasteiger partial charge in [0.15, 0.2) is 0 Å². The van der Waals surface area contributed by atoms with Crippen molar-refractivity contribution in [2.45, 2.75) is 33.1 Å². The van der Waals surface area contributed by atoms with E-state index in [0.717, 1.165) is 21.0 Å². The standard InChI is InChI=1S/C14H16FNS/c1-9(2)13-7-12(15)14(17-13)6-11-5-4-10(3)16-8-11/h4-5,7-9H,6H2,1-3H3. The molecule has 0 aliphatic carbocycles.